The van der Waals surface area contributed by atoms with Crippen molar-refractivity contribution >= 4 is 17.5 Å². The largest absolute Gasteiger partial charge is 0.467 e. The third-order valence-electron chi connectivity index (χ3n) is 1.94. The number of anilines is 1. The molecule has 1 aromatic heterocycles. The van der Waals surface area contributed by atoms with E-state index in [2.05, 4.69) is 15.0 Å². The van der Waals surface area contributed by atoms with E-state index in [1.807, 2.05) is 0 Å². The number of nitrogens with zero attached hydrogens (tertiary/aromatic N) is 2. The van der Waals surface area contributed by atoms with Gasteiger partial charge in [-0.2, -0.15) is 0 Å². The number of carbonyl (C=O) groups is 1. The molecule has 0 aromatic carbocycles. The van der Waals surface area contributed by atoms with Gasteiger partial charge in [0.2, 0.25) is 0 Å². The highest BCUT2D eigenvalue weighted by molar-refractivity contribution is 5.79. The molecule has 0 spiro atoms. The van der Waals surface area contributed by atoms with Crippen molar-refractivity contribution in [1.29, 1.82) is 0 Å². The number of aromatic nitrogens is 1. The lowest BCUT2D eigenvalue weighted by Crippen LogP contribution is -2.34. The molecule has 0 bridgehead atoms. The Bertz CT molecular complexity index is 423. The Morgan fingerprint density at radius 1 is 1.76 bits per heavy atom. The molecule has 0 radical (unpaired) electrons. The maximum absolute atomic E-state index is 11.2. The van der Waals surface area contributed by atoms with Crippen molar-refractivity contribution < 1.29 is 19.6 Å². The van der Waals surface area contributed by atoms with Gasteiger partial charge in [0.15, 0.2) is 0 Å². The highest BCUT2D eigenvalue weighted by Crippen LogP contribution is 2.14. The van der Waals surface area contributed by atoms with Crippen LogP contribution in [-0.2, 0) is 9.53 Å². The molecule has 0 aliphatic rings. The molecule has 1 atom stereocenters. The van der Waals surface area contributed by atoms with Crippen molar-refractivity contribution in [2.24, 2.45) is 0 Å². The average Bonchev–Trinajstić information content (AvgIpc) is 2.35. The molecule has 1 unspecified atom stereocenters. The van der Waals surface area contributed by atoms with Crippen LogP contribution in [0.1, 0.15) is 0 Å². The van der Waals surface area contributed by atoms with Crippen LogP contribution in [0.25, 0.3) is 0 Å². The zero-order valence-electron chi connectivity index (χ0n) is 8.99. The molecule has 8 heteroatoms. The van der Waals surface area contributed by atoms with Gasteiger partial charge in [-0.15, -0.1) is 0 Å². The van der Waals surface area contributed by atoms with Crippen molar-refractivity contribution in [3.8, 4) is 0 Å². The molecule has 0 aliphatic heterocycles. The van der Waals surface area contributed by atoms with Gasteiger partial charge in [0, 0.05) is 12.3 Å². The molecule has 1 rings (SSSR count). The number of ether oxygens (including phenoxy) is 1. The van der Waals surface area contributed by atoms with Crippen LogP contribution in [0.2, 0.25) is 0 Å². The van der Waals surface area contributed by atoms with Gasteiger partial charge in [-0.3, -0.25) is 10.1 Å². The number of aliphatic hydroxyl groups excluding tert-OH is 1. The summed E-state index contributed by atoms with van der Waals surface area (Å²) in [4.78, 5) is 24.9. The molecule has 1 aromatic rings. The summed E-state index contributed by atoms with van der Waals surface area (Å²) in [5, 5.41) is 22.0. The van der Waals surface area contributed by atoms with E-state index < -0.39 is 23.5 Å². The SMILES string of the molecule is COC(=O)C(CO)Nc1cc([N+](=O)[O-])ccn1. The molecule has 0 saturated heterocycles. The van der Waals surface area contributed by atoms with Crippen molar-refractivity contribution in [2.45, 2.75) is 6.04 Å². The Balaban J connectivity index is 2.83. The van der Waals surface area contributed by atoms with Gasteiger partial charge in [0.1, 0.15) is 11.9 Å². The number of methoxy groups -OCH3 is 1. The Hall–Kier alpha value is -2.22. The lowest BCUT2D eigenvalue weighted by atomic mass is 10.3. The van der Waals surface area contributed by atoms with Crippen LogP contribution in [0.5, 0.6) is 0 Å². The van der Waals surface area contributed by atoms with Gasteiger partial charge in [0.25, 0.3) is 5.69 Å². The smallest absolute Gasteiger partial charge is 0.330 e. The maximum Gasteiger partial charge on any atom is 0.330 e. The molecule has 0 aliphatic carbocycles. The Kier molecular flexibility index (Phi) is 4.35. The number of nitro groups is 1. The number of rotatable bonds is 5. The van der Waals surface area contributed by atoms with Crippen molar-refractivity contribution in [2.75, 3.05) is 19.0 Å². The summed E-state index contributed by atoms with van der Waals surface area (Å²) in [7, 11) is 1.17. The Morgan fingerprint density at radius 2 is 2.47 bits per heavy atom. The van der Waals surface area contributed by atoms with E-state index in [0.717, 1.165) is 6.07 Å². The first-order chi connectivity index (χ1) is 8.08. The highest BCUT2D eigenvalue weighted by atomic mass is 16.6. The number of aliphatic hydroxyl groups is 1. The molecule has 8 nitrogen and oxygen atoms in total. The second-order valence-corrected chi connectivity index (χ2v) is 3.06. The Morgan fingerprint density at radius 3 is 3.00 bits per heavy atom. The van der Waals surface area contributed by atoms with E-state index in [0.29, 0.717) is 0 Å². The molecule has 0 fully saturated rings. The van der Waals surface area contributed by atoms with E-state index in [1.165, 1.54) is 19.4 Å². The van der Waals surface area contributed by atoms with Crippen LogP contribution < -0.4 is 5.32 Å². The summed E-state index contributed by atoms with van der Waals surface area (Å²) in [6.07, 6.45) is 1.23. The second kappa shape index (κ2) is 5.75. The summed E-state index contributed by atoms with van der Waals surface area (Å²) >= 11 is 0. The number of nitrogens with one attached hydrogen (secondary N) is 1. The van der Waals surface area contributed by atoms with Crippen molar-refractivity contribution in [1.82, 2.24) is 4.98 Å². The number of carbonyl (C=O) groups excluding carboxylic acids is 1. The first-order valence-corrected chi connectivity index (χ1v) is 4.64. The fourth-order valence-electron chi connectivity index (χ4n) is 1.11. The summed E-state index contributed by atoms with van der Waals surface area (Å²) in [6.45, 7) is -0.503. The average molecular weight is 241 g/mol. The minimum absolute atomic E-state index is 0.114. The molecule has 0 amide bonds. The molecule has 0 saturated carbocycles. The summed E-state index contributed by atoms with van der Waals surface area (Å²) in [6, 6.07) is 1.37. The van der Waals surface area contributed by atoms with Crippen LogP contribution >= 0.6 is 0 Å². The number of pyridine rings is 1. The van der Waals surface area contributed by atoms with Gasteiger partial charge in [0.05, 0.1) is 24.7 Å². The van der Waals surface area contributed by atoms with Crippen LogP contribution in [0.4, 0.5) is 11.5 Å². The van der Waals surface area contributed by atoms with E-state index in [-0.39, 0.29) is 11.5 Å². The monoisotopic (exact) mass is 241 g/mol. The second-order valence-electron chi connectivity index (χ2n) is 3.06. The van der Waals surface area contributed by atoms with Crippen LogP contribution in [-0.4, -0.2) is 40.7 Å². The van der Waals surface area contributed by atoms with Crippen LogP contribution in [0.15, 0.2) is 18.3 Å². The zero-order valence-corrected chi connectivity index (χ0v) is 8.99. The molecular formula is C9H11N3O5. The van der Waals surface area contributed by atoms with Gasteiger partial charge in [-0.1, -0.05) is 0 Å². The van der Waals surface area contributed by atoms with Gasteiger partial charge >= 0.3 is 5.97 Å². The minimum Gasteiger partial charge on any atom is -0.467 e. The van der Waals surface area contributed by atoms with Gasteiger partial charge in [-0.05, 0) is 0 Å². The third-order valence-corrected chi connectivity index (χ3v) is 1.94. The lowest BCUT2D eigenvalue weighted by Gasteiger charge is -2.13. The molecule has 1 heterocycles. The predicted octanol–water partition coefficient (Wildman–Crippen LogP) is -0.0644. The minimum atomic E-state index is -1.01. The maximum atomic E-state index is 11.2. The quantitative estimate of drug-likeness (QED) is 0.421. The van der Waals surface area contributed by atoms with E-state index in [9.17, 15) is 14.9 Å². The fraction of sp³-hybridized carbons (Fsp3) is 0.333. The standard InChI is InChI=1S/C9H11N3O5/c1-17-9(14)7(5-13)11-8-4-6(12(15)16)2-3-10-8/h2-4,7,13H,5H2,1H3,(H,10,11). The fourth-order valence-corrected chi connectivity index (χ4v) is 1.11. The van der Waals surface area contributed by atoms with E-state index in [4.69, 9.17) is 5.11 Å². The summed E-state index contributed by atoms with van der Waals surface area (Å²) in [5.41, 5.74) is -0.163. The van der Waals surface area contributed by atoms with Gasteiger partial charge < -0.3 is 15.2 Å². The van der Waals surface area contributed by atoms with E-state index >= 15 is 0 Å². The summed E-state index contributed by atoms with van der Waals surface area (Å²) in [5.74, 6) is -0.565. The first kappa shape index (κ1) is 12.8. The number of hydrogen-bond donors (Lipinski definition) is 2. The topological polar surface area (TPSA) is 115 Å². The Labute approximate surface area is 96.4 Å². The number of esters is 1. The third kappa shape index (κ3) is 3.38. The van der Waals surface area contributed by atoms with Gasteiger partial charge in [-0.25, -0.2) is 9.78 Å². The summed E-state index contributed by atoms with van der Waals surface area (Å²) < 4.78 is 4.43. The molecular weight excluding hydrogens is 230 g/mol. The lowest BCUT2D eigenvalue weighted by molar-refractivity contribution is -0.384. The zero-order chi connectivity index (χ0) is 12.8. The molecule has 17 heavy (non-hydrogen) atoms. The normalized spacial score (nSPS) is 11.6. The van der Waals surface area contributed by atoms with Crippen molar-refractivity contribution in [3.05, 3.63) is 28.4 Å². The molecule has 92 valence electrons. The highest BCUT2D eigenvalue weighted by Gasteiger charge is 2.19. The first-order valence-electron chi connectivity index (χ1n) is 4.64. The van der Waals surface area contributed by atoms with Crippen LogP contribution in [0, 0.1) is 10.1 Å². The number of hydrogen-bond acceptors (Lipinski definition) is 7. The van der Waals surface area contributed by atoms with E-state index in [1.54, 1.807) is 0 Å². The molecule has 2 N–H and O–H groups in total. The van der Waals surface area contributed by atoms with Crippen LogP contribution in [0.3, 0.4) is 0 Å². The predicted molar refractivity (Wildman–Crippen MR) is 57.4 cm³/mol. The van der Waals surface area contributed by atoms with Crippen molar-refractivity contribution in [3.63, 3.8) is 0 Å².